The van der Waals surface area contributed by atoms with Gasteiger partial charge in [-0.25, -0.2) is 13.2 Å². The summed E-state index contributed by atoms with van der Waals surface area (Å²) >= 11 is 0. The molecule has 0 radical (unpaired) electrons. The van der Waals surface area contributed by atoms with Gasteiger partial charge in [0.2, 0.25) is 5.91 Å². The fourth-order valence-corrected chi connectivity index (χ4v) is 3.37. The smallest absolute Gasteiger partial charge is 0.333 e. The van der Waals surface area contributed by atoms with Crippen molar-refractivity contribution in [3.8, 4) is 0 Å². The standard InChI is InChI=1S/C18H18F6N4O/c19-11-5-10(17(21)13(20)7-11)6-12(25)8-16(29)27-3-4-28-14(18(22,23)24)1-2-26-15(28)9-27/h1,5,7,12H,2-4,6,8-9,25H2/t12-/m1/s1. The first-order valence-corrected chi connectivity index (χ1v) is 8.81. The number of piperazine rings is 1. The summed E-state index contributed by atoms with van der Waals surface area (Å²) in [4.78, 5) is 18.9. The van der Waals surface area contributed by atoms with Gasteiger partial charge in [-0.1, -0.05) is 0 Å². The molecule has 0 bridgehead atoms. The van der Waals surface area contributed by atoms with E-state index in [4.69, 9.17) is 5.73 Å². The minimum absolute atomic E-state index is 0.0287. The number of amides is 1. The quantitative estimate of drug-likeness (QED) is 0.601. The van der Waals surface area contributed by atoms with E-state index in [0.29, 0.717) is 6.07 Å². The minimum atomic E-state index is -4.51. The summed E-state index contributed by atoms with van der Waals surface area (Å²) in [6.45, 7) is -0.287. The van der Waals surface area contributed by atoms with E-state index in [1.54, 1.807) is 0 Å². The zero-order valence-electron chi connectivity index (χ0n) is 15.1. The Balaban J connectivity index is 1.61. The normalized spacial score (nSPS) is 18.2. The molecule has 11 heteroatoms. The monoisotopic (exact) mass is 420 g/mol. The summed E-state index contributed by atoms with van der Waals surface area (Å²) in [7, 11) is 0. The van der Waals surface area contributed by atoms with Crippen molar-refractivity contribution in [2.45, 2.75) is 25.1 Å². The third-order valence-electron chi connectivity index (χ3n) is 4.72. The number of benzene rings is 1. The first-order chi connectivity index (χ1) is 13.6. The van der Waals surface area contributed by atoms with E-state index in [1.807, 2.05) is 0 Å². The van der Waals surface area contributed by atoms with E-state index in [1.165, 1.54) is 4.90 Å². The molecule has 0 aliphatic carbocycles. The van der Waals surface area contributed by atoms with Gasteiger partial charge in [-0.05, 0) is 24.1 Å². The molecule has 29 heavy (non-hydrogen) atoms. The first-order valence-electron chi connectivity index (χ1n) is 8.81. The Bertz CT molecular complexity index is 867. The number of hydrogen-bond donors (Lipinski definition) is 1. The van der Waals surface area contributed by atoms with Crippen molar-refractivity contribution in [2.75, 3.05) is 26.2 Å². The van der Waals surface area contributed by atoms with Crippen LogP contribution in [0.5, 0.6) is 0 Å². The van der Waals surface area contributed by atoms with Crippen LogP contribution in [0, 0.1) is 17.5 Å². The molecule has 158 valence electrons. The lowest BCUT2D eigenvalue weighted by Gasteiger charge is -2.40. The van der Waals surface area contributed by atoms with Crippen LogP contribution in [0.3, 0.4) is 0 Å². The number of hydrogen-bond acceptors (Lipinski definition) is 4. The van der Waals surface area contributed by atoms with Gasteiger partial charge in [0.05, 0.1) is 13.1 Å². The summed E-state index contributed by atoms with van der Waals surface area (Å²) < 4.78 is 79.6. The Morgan fingerprint density at radius 1 is 1.21 bits per heavy atom. The molecule has 0 saturated carbocycles. The molecule has 5 nitrogen and oxygen atoms in total. The van der Waals surface area contributed by atoms with Gasteiger partial charge in [0, 0.05) is 31.6 Å². The zero-order valence-corrected chi connectivity index (χ0v) is 15.1. The lowest BCUT2D eigenvalue weighted by Crippen LogP contribution is -2.55. The van der Waals surface area contributed by atoms with Gasteiger partial charge < -0.3 is 15.5 Å². The molecule has 1 saturated heterocycles. The molecular formula is C18H18F6N4O. The van der Waals surface area contributed by atoms with E-state index in [-0.39, 0.29) is 50.4 Å². The fraction of sp³-hybridized carbons (Fsp3) is 0.444. The number of alkyl halides is 3. The van der Waals surface area contributed by atoms with E-state index in [2.05, 4.69) is 4.99 Å². The van der Waals surface area contributed by atoms with Crippen LogP contribution in [0.25, 0.3) is 0 Å². The third-order valence-corrected chi connectivity index (χ3v) is 4.72. The number of fused-ring (bicyclic) bond motifs is 1. The van der Waals surface area contributed by atoms with Gasteiger partial charge in [0.15, 0.2) is 11.6 Å². The number of carbonyl (C=O) groups is 1. The molecule has 1 aromatic rings. The van der Waals surface area contributed by atoms with Crippen LogP contribution >= 0.6 is 0 Å². The minimum Gasteiger partial charge on any atom is -0.333 e. The van der Waals surface area contributed by atoms with Crippen molar-refractivity contribution >= 4 is 11.7 Å². The number of nitrogens with zero attached hydrogens (tertiary/aromatic N) is 3. The molecule has 1 fully saturated rings. The number of amidine groups is 1. The second-order valence-corrected chi connectivity index (χ2v) is 6.84. The highest BCUT2D eigenvalue weighted by molar-refractivity contribution is 5.91. The third kappa shape index (κ3) is 4.72. The summed E-state index contributed by atoms with van der Waals surface area (Å²) in [6.07, 6.45) is -4.05. The van der Waals surface area contributed by atoms with E-state index >= 15 is 0 Å². The number of carbonyl (C=O) groups excluding carboxylic acids is 1. The molecule has 1 aromatic carbocycles. The molecule has 3 rings (SSSR count). The topological polar surface area (TPSA) is 61.9 Å². The number of rotatable bonds is 4. The van der Waals surface area contributed by atoms with Gasteiger partial charge in [0.25, 0.3) is 0 Å². The Labute approximate surface area is 162 Å². The van der Waals surface area contributed by atoms with Gasteiger partial charge in [-0.3, -0.25) is 9.79 Å². The summed E-state index contributed by atoms with van der Waals surface area (Å²) in [6, 6.07) is 0.294. The van der Waals surface area contributed by atoms with Gasteiger partial charge >= 0.3 is 6.18 Å². The first kappa shape index (κ1) is 21.2. The molecule has 0 spiro atoms. The predicted octanol–water partition coefficient (Wildman–Crippen LogP) is 2.37. The van der Waals surface area contributed by atoms with E-state index < -0.39 is 41.3 Å². The maximum Gasteiger partial charge on any atom is 0.431 e. The Kier molecular flexibility index (Phi) is 5.87. The highest BCUT2D eigenvalue weighted by atomic mass is 19.4. The molecule has 2 heterocycles. The Morgan fingerprint density at radius 2 is 1.93 bits per heavy atom. The predicted molar refractivity (Wildman–Crippen MR) is 92.3 cm³/mol. The van der Waals surface area contributed by atoms with Crippen molar-refractivity contribution in [1.82, 2.24) is 9.80 Å². The number of nitrogens with two attached hydrogens (primary N) is 1. The summed E-state index contributed by atoms with van der Waals surface area (Å²) in [5.41, 5.74) is 4.75. The molecule has 2 aliphatic heterocycles. The highest BCUT2D eigenvalue weighted by Gasteiger charge is 2.42. The molecule has 1 atom stereocenters. The van der Waals surface area contributed by atoms with Crippen LogP contribution in [0.2, 0.25) is 0 Å². The lowest BCUT2D eigenvalue weighted by molar-refractivity contribution is -0.132. The molecular weight excluding hydrogens is 402 g/mol. The van der Waals surface area contributed by atoms with E-state index in [9.17, 15) is 31.1 Å². The molecule has 0 aromatic heterocycles. The largest absolute Gasteiger partial charge is 0.431 e. The number of aliphatic imine (C=N–C) groups is 1. The Morgan fingerprint density at radius 3 is 2.62 bits per heavy atom. The molecule has 1 amide bonds. The summed E-state index contributed by atoms with van der Waals surface area (Å²) in [5, 5.41) is 0. The van der Waals surface area contributed by atoms with Crippen LogP contribution in [-0.4, -0.2) is 59.9 Å². The van der Waals surface area contributed by atoms with Crippen molar-refractivity contribution in [3.05, 3.63) is 46.9 Å². The van der Waals surface area contributed by atoms with Crippen molar-refractivity contribution < 1.29 is 31.1 Å². The van der Waals surface area contributed by atoms with Crippen LogP contribution in [0.4, 0.5) is 26.3 Å². The van der Waals surface area contributed by atoms with Crippen LogP contribution in [0.1, 0.15) is 12.0 Å². The van der Waals surface area contributed by atoms with Gasteiger partial charge in [-0.2, -0.15) is 13.2 Å². The number of halogens is 6. The van der Waals surface area contributed by atoms with E-state index in [0.717, 1.165) is 17.0 Å². The van der Waals surface area contributed by atoms with Crippen molar-refractivity contribution in [3.63, 3.8) is 0 Å². The highest BCUT2D eigenvalue weighted by Crippen LogP contribution is 2.31. The fourth-order valence-electron chi connectivity index (χ4n) is 3.37. The van der Waals surface area contributed by atoms with Crippen LogP contribution < -0.4 is 5.73 Å². The van der Waals surface area contributed by atoms with Crippen molar-refractivity contribution in [1.29, 1.82) is 0 Å². The Hall–Kier alpha value is -2.56. The SMILES string of the molecule is N[C@@H](CC(=O)N1CCN2C(C(F)(F)F)=CCN=C2C1)Cc1cc(F)cc(F)c1F. The molecule has 2 aliphatic rings. The van der Waals surface area contributed by atoms with Crippen LogP contribution in [0.15, 0.2) is 28.9 Å². The molecule has 2 N–H and O–H groups in total. The van der Waals surface area contributed by atoms with Gasteiger partial charge in [-0.15, -0.1) is 0 Å². The zero-order chi connectivity index (χ0) is 21.3. The van der Waals surface area contributed by atoms with Gasteiger partial charge in [0.1, 0.15) is 17.3 Å². The lowest BCUT2D eigenvalue weighted by atomic mass is 10.0. The average Bonchev–Trinajstić information content (AvgIpc) is 2.63. The molecule has 0 unspecified atom stereocenters. The summed E-state index contributed by atoms with van der Waals surface area (Å²) in [5.74, 6) is -3.87. The maximum atomic E-state index is 13.7. The van der Waals surface area contributed by atoms with Crippen LogP contribution in [-0.2, 0) is 11.2 Å². The number of allylic oxidation sites excluding steroid dienone is 1. The van der Waals surface area contributed by atoms with Crippen molar-refractivity contribution in [2.24, 2.45) is 10.7 Å². The maximum absolute atomic E-state index is 13.7. The second kappa shape index (κ2) is 8.05. The second-order valence-electron chi connectivity index (χ2n) is 6.84. The average molecular weight is 420 g/mol.